The Kier molecular flexibility index (Phi) is 6.48. The van der Waals surface area contributed by atoms with Gasteiger partial charge in [-0.25, -0.2) is 4.98 Å². The summed E-state index contributed by atoms with van der Waals surface area (Å²) in [6.45, 7) is 1.83. The number of aromatic amines is 1. The molecule has 0 unspecified atom stereocenters. The van der Waals surface area contributed by atoms with Crippen LogP contribution in [0, 0.1) is 0 Å². The molecule has 11 heteroatoms. The summed E-state index contributed by atoms with van der Waals surface area (Å²) in [5.74, 6) is -0.0567. The molecule has 156 valence electrons. The van der Waals surface area contributed by atoms with Crippen molar-refractivity contribution in [2.75, 3.05) is 42.8 Å². The number of morpholine rings is 1. The van der Waals surface area contributed by atoms with Crippen molar-refractivity contribution < 1.29 is 22.7 Å². The lowest BCUT2D eigenvalue weighted by Crippen LogP contribution is -2.37. The maximum atomic E-state index is 13.2. The predicted molar refractivity (Wildman–Crippen MR) is 105 cm³/mol. The molecule has 0 spiro atoms. The molecule has 29 heavy (non-hydrogen) atoms. The van der Waals surface area contributed by atoms with Crippen LogP contribution in [0.25, 0.3) is 0 Å². The molecule has 1 aromatic carbocycles. The van der Waals surface area contributed by atoms with Crippen molar-refractivity contribution in [3.05, 3.63) is 51.7 Å². The lowest BCUT2D eigenvalue weighted by atomic mass is 10.1. The summed E-state index contributed by atoms with van der Waals surface area (Å²) in [5.41, 5.74) is -1.11. The average Bonchev–Trinajstić information content (AvgIpc) is 2.67. The summed E-state index contributed by atoms with van der Waals surface area (Å²) >= 11 is 1.41. The first-order valence-corrected chi connectivity index (χ1v) is 10.1. The minimum absolute atomic E-state index is 0.000207. The van der Waals surface area contributed by atoms with E-state index in [0.29, 0.717) is 43.6 Å². The van der Waals surface area contributed by atoms with E-state index < -0.39 is 23.2 Å². The summed E-state index contributed by atoms with van der Waals surface area (Å²) < 4.78 is 44.8. The fraction of sp³-hybridized carbons (Fsp3) is 0.389. The maximum absolute atomic E-state index is 13.2. The Bertz CT molecular complexity index is 943. The van der Waals surface area contributed by atoms with E-state index in [1.54, 1.807) is 0 Å². The number of rotatable bonds is 5. The van der Waals surface area contributed by atoms with Crippen LogP contribution in [-0.2, 0) is 16.7 Å². The summed E-state index contributed by atoms with van der Waals surface area (Å²) in [7, 11) is 0. The number of nitrogens with zero attached hydrogens (tertiary/aromatic N) is 2. The number of hydrogen-bond acceptors (Lipinski definition) is 6. The molecule has 1 aromatic heterocycles. The Morgan fingerprint density at radius 2 is 2.03 bits per heavy atom. The molecule has 0 bridgehead atoms. The Morgan fingerprint density at radius 1 is 1.31 bits per heavy atom. The minimum atomic E-state index is -4.56. The first-order valence-electron chi connectivity index (χ1n) is 8.72. The van der Waals surface area contributed by atoms with Gasteiger partial charge in [0, 0.05) is 19.2 Å². The predicted octanol–water partition coefficient (Wildman–Crippen LogP) is 2.74. The SMILES string of the molecule is CSCc1nc(C(=O)Nc2cc(C(F)(F)F)ccc2N2CCOCC2)cc(=O)[nH]1. The van der Waals surface area contributed by atoms with Crippen molar-refractivity contribution in [3.63, 3.8) is 0 Å². The van der Waals surface area contributed by atoms with E-state index in [1.165, 1.54) is 17.8 Å². The van der Waals surface area contributed by atoms with Crippen LogP contribution in [0.3, 0.4) is 0 Å². The number of H-pyrrole nitrogens is 1. The van der Waals surface area contributed by atoms with Gasteiger partial charge in [0.2, 0.25) is 0 Å². The molecule has 1 fully saturated rings. The molecule has 1 amide bonds. The van der Waals surface area contributed by atoms with E-state index >= 15 is 0 Å². The van der Waals surface area contributed by atoms with E-state index in [1.807, 2.05) is 11.2 Å². The lowest BCUT2D eigenvalue weighted by Gasteiger charge is -2.31. The van der Waals surface area contributed by atoms with Crippen LogP contribution in [0.15, 0.2) is 29.1 Å². The molecule has 0 radical (unpaired) electrons. The van der Waals surface area contributed by atoms with Gasteiger partial charge in [-0.1, -0.05) is 0 Å². The zero-order valence-electron chi connectivity index (χ0n) is 15.5. The quantitative estimate of drug-likeness (QED) is 0.762. The molecule has 0 aliphatic carbocycles. The van der Waals surface area contributed by atoms with Gasteiger partial charge in [-0.3, -0.25) is 9.59 Å². The van der Waals surface area contributed by atoms with Gasteiger partial charge >= 0.3 is 6.18 Å². The van der Waals surface area contributed by atoms with E-state index in [0.717, 1.165) is 18.2 Å². The summed E-state index contributed by atoms with van der Waals surface area (Å²) in [6.07, 6.45) is -2.75. The Morgan fingerprint density at radius 3 is 2.69 bits per heavy atom. The lowest BCUT2D eigenvalue weighted by molar-refractivity contribution is -0.137. The highest BCUT2D eigenvalue weighted by Gasteiger charge is 2.32. The first kappa shape index (κ1) is 21.2. The number of carbonyl (C=O) groups is 1. The van der Waals surface area contributed by atoms with Crippen LogP contribution < -0.4 is 15.8 Å². The number of halogens is 3. The molecule has 2 N–H and O–H groups in total. The van der Waals surface area contributed by atoms with Crippen molar-refractivity contribution >= 4 is 29.0 Å². The molecule has 1 aliphatic rings. The second kappa shape index (κ2) is 8.87. The number of carbonyl (C=O) groups excluding carboxylic acids is 1. The highest BCUT2D eigenvalue weighted by Crippen LogP contribution is 2.36. The molecule has 2 aromatic rings. The zero-order chi connectivity index (χ0) is 21.0. The van der Waals surface area contributed by atoms with Crippen molar-refractivity contribution in [3.8, 4) is 0 Å². The highest BCUT2D eigenvalue weighted by molar-refractivity contribution is 7.97. The number of alkyl halides is 3. The van der Waals surface area contributed by atoms with Gasteiger partial charge in [-0.2, -0.15) is 24.9 Å². The van der Waals surface area contributed by atoms with Crippen LogP contribution in [-0.4, -0.2) is 48.4 Å². The highest BCUT2D eigenvalue weighted by atomic mass is 32.2. The van der Waals surface area contributed by atoms with E-state index in [2.05, 4.69) is 15.3 Å². The Labute approximate surface area is 168 Å². The van der Waals surface area contributed by atoms with E-state index in [-0.39, 0.29) is 11.4 Å². The molecule has 3 rings (SSSR count). The number of aromatic nitrogens is 2. The monoisotopic (exact) mass is 428 g/mol. The number of thioether (sulfide) groups is 1. The molecule has 0 atom stereocenters. The number of amides is 1. The van der Waals surface area contributed by atoms with E-state index in [9.17, 15) is 22.8 Å². The maximum Gasteiger partial charge on any atom is 0.416 e. The smallest absolute Gasteiger partial charge is 0.378 e. The van der Waals surface area contributed by atoms with Crippen molar-refractivity contribution in [1.29, 1.82) is 0 Å². The number of benzene rings is 1. The first-order chi connectivity index (χ1) is 13.8. The van der Waals surface area contributed by atoms with Gasteiger partial charge in [-0.15, -0.1) is 0 Å². The number of nitrogens with one attached hydrogen (secondary N) is 2. The van der Waals surface area contributed by atoms with Gasteiger partial charge in [0.05, 0.1) is 35.9 Å². The van der Waals surface area contributed by atoms with Crippen LogP contribution in [0.1, 0.15) is 21.9 Å². The molecule has 1 aliphatic heterocycles. The van der Waals surface area contributed by atoms with Crippen molar-refractivity contribution in [2.24, 2.45) is 0 Å². The Hall–Kier alpha value is -2.53. The molecule has 0 saturated carbocycles. The van der Waals surface area contributed by atoms with Gasteiger partial charge in [0.25, 0.3) is 11.5 Å². The van der Waals surface area contributed by atoms with Crippen LogP contribution in [0.4, 0.5) is 24.5 Å². The largest absolute Gasteiger partial charge is 0.416 e. The minimum Gasteiger partial charge on any atom is -0.378 e. The van der Waals surface area contributed by atoms with Gasteiger partial charge in [-0.05, 0) is 24.5 Å². The third-order valence-electron chi connectivity index (χ3n) is 4.23. The van der Waals surface area contributed by atoms with Gasteiger partial charge < -0.3 is 19.9 Å². The molecular weight excluding hydrogens is 409 g/mol. The van der Waals surface area contributed by atoms with E-state index in [4.69, 9.17) is 4.74 Å². The van der Waals surface area contributed by atoms with Crippen LogP contribution >= 0.6 is 11.8 Å². The average molecular weight is 428 g/mol. The standard InChI is InChI=1S/C18H19F3N4O3S/c1-29-10-15-22-13(9-16(26)24-15)17(27)23-12-8-11(18(19,20)21)2-3-14(12)25-4-6-28-7-5-25/h2-3,8-9H,4-7,10H2,1H3,(H,23,27)(H,22,24,26). The fourth-order valence-corrected chi connectivity index (χ4v) is 3.32. The van der Waals surface area contributed by atoms with Crippen molar-refractivity contribution in [1.82, 2.24) is 9.97 Å². The summed E-state index contributed by atoms with van der Waals surface area (Å²) in [5, 5.41) is 2.49. The molecule has 1 saturated heterocycles. The summed E-state index contributed by atoms with van der Waals surface area (Å²) in [6, 6.07) is 4.20. The molecule has 2 heterocycles. The van der Waals surface area contributed by atoms with Crippen LogP contribution in [0.2, 0.25) is 0 Å². The fourth-order valence-electron chi connectivity index (χ4n) is 2.91. The number of anilines is 2. The normalized spacial score (nSPS) is 14.7. The second-order valence-corrected chi connectivity index (χ2v) is 7.16. The van der Waals surface area contributed by atoms with Gasteiger partial charge in [0.15, 0.2) is 0 Å². The van der Waals surface area contributed by atoms with Gasteiger partial charge in [0.1, 0.15) is 11.5 Å². The topological polar surface area (TPSA) is 87.3 Å². The molecule has 7 nitrogen and oxygen atoms in total. The molecular formula is C18H19F3N4O3S. The van der Waals surface area contributed by atoms with Crippen molar-refractivity contribution in [2.45, 2.75) is 11.9 Å². The Balaban J connectivity index is 1.95. The zero-order valence-corrected chi connectivity index (χ0v) is 16.3. The van der Waals surface area contributed by atoms with Crippen LogP contribution in [0.5, 0.6) is 0 Å². The summed E-state index contributed by atoms with van der Waals surface area (Å²) in [4.78, 5) is 32.9. The third-order valence-corrected chi connectivity index (χ3v) is 4.79. The number of ether oxygens (including phenoxy) is 1. The number of hydrogen-bond donors (Lipinski definition) is 2. The third kappa shape index (κ3) is 5.30. The second-order valence-electron chi connectivity index (χ2n) is 6.29.